The molecule has 0 saturated heterocycles. The monoisotopic (exact) mass is 408 g/mol. The van der Waals surface area contributed by atoms with Gasteiger partial charge in [-0.05, 0) is 50.7 Å². The van der Waals surface area contributed by atoms with Crippen LogP contribution in [0.2, 0.25) is 0 Å². The molecule has 0 radical (unpaired) electrons. The van der Waals surface area contributed by atoms with Gasteiger partial charge >= 0.3 is 0 Å². The van der Waals surface area contributed by atoms with E-state index in [-0.39, 0.29) is 17.9 Å². The van der Waals surface area contributed by atoms with Gasteiger partial charge in [-0.2, -0.15) is 0 Å². The molecule has 4 heteroatoms. The first-order chi connectivity index (χ1) is 14.4. The summed E-state index contributed by atoms with van der Waals surface area (Å²) in [5, 5.41) is 3.06. The van der Waals surface area contributed by atoms with Crippen molar-refractivity contribution in [2.24, 2.45) is 0 Å². The van der Waals surface area contributed by atoms with Crippen molar-refractivity contribution in [3.63, 3.8) is 0 Å². The second kappa shape index (κ2) is 12.2. The Labute approximate surface area is 181 Å². The summed E-state index contributed by atoms with van der Waals surface area (Å²) in [5.41, 5.74) is 3.53. The molecule has 0 heterocycles. The van der Waals surface area contributed by atoms with Crippen LogP contribution in [0.1, 0.15) is 56.7 Å². The van der Waals surface area contributed by atoms with Crippen LogP contribution in [0.3, 0.4) is 0 Å². The molecule has 0 saturated carbocycles. The molecule has 2 rings (SSSR count). The molecule has 1 N–H and O–H groups in total. The topological polar surface area (TPSA) is 49.4 Å². The highest BCUT2D eigenvalue weighted by atomic mass is 16.2. The van der Waals surface area contributed by atoms with Crippen molar-refractivity contribution in [2.45, 2.75) is 71.9 Å². The Morgan fingerprint density at radius 2 is 1.53 bits per heavy atom. The van der Waals surface area contributed by atoms with Crippen LogP contribution in [0.5, 0.6) is 0 Å². The van der Waals surface area contributed by atoms with E-state index in [9.17, 15) is 9.59 Å². The van der Waals surface area contributed by atoms with Gasteiger partial charge < -0.3 is 10.2 Å². The van der Waals surface area contributed by atoms with Gasteiger partial charge in [-0.15, -0.1) is 0 Å². The first-order valence-corrected chi connectivity index (χ1v) is 11.1. The van der Waals surface area contributed by atoms with Crippen molar-refractivity contribution in [3.8, 4) is 0 Å². The number of rotatable bonds is 11. The minimum Gasteiger partial charge on any atom is -0.352 e. The van der Waals surface area contributed by atoms with Gasteiger partial charge in [0.2, 0.25) is 11.8 Å². The summed E-state index contributed by atoms with van der Waals surface area (Å²) < 4.78 is 0. The van der Waals surface area contributed by atoms with Crippen LogP contribution < -0.4 is 5.32 Å². The van der Waals surface area contributed by atoms with Crippen molar-refractivity contribution in [3.05, 3.63) is 71.3 Å². The molecule has 0 fully saturated rings. The average molecular weight is 409 g/mol. The number of nitrogens with zero attached hydrogens (tertiary/aromatic N) is 1. The molecule has 4 nitrogen and oxygen atoms in total. The smallest absolute Gasteiger partial charge is 0.243 e. The van der Waals surface area contributed by atoms with Crippen molar-refractivity contribution >= 4 is 11.8 Å². The van der Waals surface area contributed by atoms with Gasteiger partial charge in [0, 0.05) is 19.0 Å². The van der Waals surface area contributed by atoms with Crippen molar-refractivity contribution in [1.29, 1.82) is 0 Å². The normalized spacial score (nSPS) is 12.8. The first-order valence-electron chi connectivity index (χ1n) is 11.1. The quantitative estimate of drug-likeness (QED) is 0.586. The highest BCUT2D eigenvalue weighted by Crippen LogP contribution is 2.13. The molecule has 2 aromatic carbocycles. The Kier molecular flexibility index (Phi) is 9.59. The summed E-state index contributed by atoms with van der Waals surface area (Å²) in [7, 11) is 0. The van der Waals surface area contributed by atoms with Crippen LogP contribution in [0.4, 0.5) is 0 Å². The van der Waals surface area contributed by atoms with E-state index in [0.29, 0.717) is 25.8 Å². The standard InChI is InChI=1S/C26H36N2O2/c1-5-21(4)27-26(30)24(6-2)28(19-18-22-10-8-7-9-11-22)25(29)17-16-23-14-12-20(3)13-15-23/h7-15,21,24H,5-6,16-19H2,1-4H3,(H,27,30). The molecule has 2 atom stereocenters. The molecular weight excluding hydrogens is 372 g/mol. The highest BCUT2D eigenvalue weighted by Gasteiger charge is 2.28. The number of nitrogens with one attached hydrogen (secondary N) is 1. The summed E-state index contributed by atoms with van der Waals surface area (Å²) in [6.07, 6.45) is 3.31. The predicted octanol–water partition coefficient (Wildman–Crippen LogP) is 4.69. The van der Waals surface area contributed by atoms with Crippen LogP contribution in [-0.4, -0.2) is 35.3 Å². The summed E-state index contributed by atoms with van der Waals surface area (Å²) in [6, 6.07) is 18.1. The zero-order chi connectivity index (χ0) is 21.9. The van der Waals surface area contributed by atoms with E-state index in [1.807, 2.05) is 39.0 Å². The van der Waals surface area contributed by atoms with Gasteiger partial charge in [-0.3, -0.25) is 9.59 Å². The third-order valence-electron chi connectivity index (χ3n) is 5.62. The SMILES string of the molecule is CCC(C)NC(=O)C(CC)N(CCc1ccccc1)C(=O)CCc1ccc(C)cc1. The molecule has 0 aliphatic rings. The molecule has 30 heavy (non-hydrogen) atoms. The van der Waals surface area contributed by atoms with Crippen LogP contribution >= 0.6 is 0 Å². The molecule has 2 unspecified atom stereocenters. The fourth-order valence-electron chi connectivity index (χ4n) is 3.49. The lowest BCUT2D eigenvalue weighted by Gasteiger charge is -2.31. The lowest BCUT2D eigenvalue weighted by Crippen LogP contribution is -2.51. The predicted molar refractivity (Wildman–Crippen MR) is 123 cm³/mol. The number of aryl methyl sites for hydroxylation is 2. The van der Waals surface area contributed by atoms with Crippen molar-refractivity contribution in [1.82, 2.24) is 10.2 Å². The Hall–Kier alpha value is -2.62. The number of carbonyl (C=O) groups is 2. The summed E-state index contributed by atoms with van der Waals surface area (Å²) in [6.45, 7) is 8.62. The summed E-state index contributed by atoms with van der Waals surface area (Å²) >= 11 is 0. The zero-order valence-electron chi connectivity index (χ0n) is 18.9. The van der Waals surface area contributed by atoms with Gasteiger partial charge in [0.05, 0.1) is 0 Å². The van der Waals surface area contributed by atoms with E-state index in [2.05, 4.69) is 48.6 Å². The van der Waals surface area contributed by atoms with Gasteiger partial charge in [-0.25, -0.2) is 0 Å². The average Bonchev–Trinajstić information content (AvgIpc) is 2.76. The van der Waals surface area contributed by atoms with E-state index in [0.717, 1.165) is 18.4 Å². The van der Waals surface area contributed by atoms with E-state index in [1.165, 1.54) is 11.1 Å². The zero-order valence-corrected chi connectivity index (χ0v) is 18.9. The number of hydrogen-bond donors (Lipinski definition) is 1. The first kappa shape index (κ1) is 23.7. The van der Waals surface area contributed by atoms with Crippen molar-refractivity contribution < 1.29 is 9.59 Å². The number of benzene rings is 2. The highest BCUT2D eigenvalue weighted by molar-refractivity contribution is 5.88. The Morgan fingerprint density at radius 3 is 2.13 bits per heavy atom. The lowest BCUT2D eigenvalue weighted by atomic mass is 10.0. The number of carbonyl (C=O) groups excluding carboxylic acids is 2. The molecule has 0 aliphatic heterocycles. The molecule has 0 aromatic heterocycles. The minimum atomic E-state index is -0.437. The van der Waals surface area contributed by atoms with E-state index in [1.54, 1.807) is 4.90 Å². The van der Waals surface area contributed by atoms with E-state index < -0.39 is 6.04 Å². The van der Waals surface area contributed by atoms with Gasteiger partial charge in [0.1, 0.15) is 6.04 Å². The Balaban J connectivity index is 2.11. The van der Waals surface area contributed by atoms with Crippen molar-refractivity contribution in [2.75, 3.05) is 6.54 Å². The third-order valence-corrected chi connectivity index (χ3v) is 5.62. The summed E-state index contributed by atoms with van der Waals surface area (Å²) in [5.74, 6) is -0.0127. The fourth-order valence-corrected chi connectivity index (χ4v) is 3.49. The Bertz CT molecular complexity index is 786. The maximum atomic E-state index is 13.2. The molecule has 0 spiro atoms. The maximum Gasteiger partial charge on any atom is 0.243 e. The Morgan fingerprint density at radius 1 is 0.900 bits per heavy atom. The second-order valence-electron chi connectivity index (χ2n) is 8.05. The van der Waals surface area contributed by atoms with Gasteiger partial charge in [0.25, 0.3) is 0 Å². The lowest BCUT2D eigenvalue weighted by molar-refractivity contribution is -0.141. The number of hydrogen-bond acceptors (Lipinski definition) is 2. The van der Waals surface area contributed by atoms with Crippen LogP contribution in [0.25, 0.3) is 0 Å². The van der Waals surface area contributed by atoms with Crippen LogP contribution in [0, 0.1) is 6.92 Å². The minimum absolute atomic E-state index is 0.0395. The maximum absolute atomic E-state index is 13.2. The molecule has 2 aromatic rings. The van der Waals surface area contributed by atoms with Crippen LogP contribution in [0.15, 0.2) is 54.6 Å². The van der Waals surface area contributed by atoms with E-state index >= 15 is 0 Å². The van der Waals surface area contributed by atoms with Gasteiger partial charge in [0.15, 0.2) is 0 Å². The summed E-state index contributed by atoms with van der Waals surface area (Å²) in [4.78, 5) is 27.9. The molecular formula is C26H36N2O2. The van der Waals surface area contributed by atoms with Crippen LogP contribution in [-0.2, 0) is 22.4 Å². The molecule has 0 aliphatic carbocycles. The fraction of sp³-hybridized carbons (Fsp3) is 0.462. The number of amides is 2. The molecule has 162 valence electrons. The molecule has 2 amide bonds. The largest absolute Gasteiger partial charge is 0.352 e. The molecule has 0 bridgehead atoms. The second-order valence-corrected chi connectivity index (χ2v) is 8.05. The third kappa shape index (κ3) is 7.33. The van der Waals surface area contributed by atoms with Gasteiger partial charge in [-0.1, -0.05) is 74.0 Å². The van der Waals surface area contributed by atoms with E-state index in [4.69, 9.17) is 0 Å².